The van der Waals surface area contributed by atoms with Crippen LogP contribution in [-0.4, -0.2) is 26.2 Å². The van der Waals surface area contributed by atoms with Crippen molar-refractivity contribution in [2.24, 2.45) is 0 Å². The molecular weight excluding hydrogens is 324 g/mol. The molecule has 1 N–H and O–H groups in total. The first kappa shape index (κ1) is 14.9. The number of nitrogens with one attached hydrogen (secondary N) is 1. The summed E-state index contributed by atoms with van der Waals surface area (Å²) in [4.78, 5) is 32.0. The molecular formula is C17H16N4O2S. The van der Waals surface area contributed by atoms with Crippen molar-refractivity contribution in [1.29, 1.82) is 0 Å². The van der Waals surface area contributed by atoms with Crippen molar-refractivity contribution in [2.45, 2.75) is 25.9 Å². The first-order valence-corrected chi connectivity index (χ1v) is 8.49. The van der Waals surface area contributed by atoms with E-state index < -0.39 is 5.54 Å². The van der Waals surface area contributed by atoms with Crippen LogP contribution >= 0.6 is 11.3 Å². The van der Waals surface area contributed by atoms with E-state index in [2.05, 4.69) is 10.3 Å². The number of nitrogens with zero attached hydrogens (tertiary/aromatic N) is 3. The van der Waals surface area contributed by atoms with Crippen molar-refractivity contribution in [3.05, 3.63) is 58.2 Å². The molecule has 3 aromatic rings. The number of carbonyl (C=O) groups excluding carboxylic acids is 2. The lowest BCUT2D eigenvalue weighted by molar-refractivity contribution is -0.131. The normalized spacial score (nSPS) is 20.8. The Kier molecular flexibility index (Phi) is 3.21. The Morgan fingerprint density at radius 2 is 2.08 bits per heavy atom. The smallest absolute Gasteiger partial charge is 0.319 e. The topological polar surface area (TPSA) is 66.7 Å². The second kappa shape index (κ2) is 5.17. The number of imide groups is 1. The Hall–Kier alpha value is -2.67. The molecule has 122 valence electrons. The van der Waals surface area contributed by atoms with Gasteiger partial charge in [-0.2, -0.15) is 0 Å². The van der Waals surface area contributed by atoms with Crippen LogP contribution in [0.5, 0.6) is 0 Å². The van der Waals surface area contributed by atoms with Crippen LogP contribution in [-0.2, 0) is 16.9 Å². The van der Waals surface area contributed by atoms with E-state index in [0.29, 0.717) is 0 Å². The number of urea groups is 1. The Morgan fingerprint density at radius 1 is 1.25 bits per heavy atom. The van der Waals surface area contributed by atoms with E-state index in [4.69, 9.17) is 0 Å². The van der Waals surface area contributed by atoms with Crippen LogP contribution in [0.1, 0.15) is 23.2 Å². The molecule has 1 aliphatic heterocycles. The van der Waals surface area contributed by atoms with Crippen molar-refractivity contribution in [3.63, 3.8) is 0 Å². The molecule has 1 aliphatic rings. The predicted octanol–water partition coefficient (Wildman–Crippen LogP) is 2.67. The van der Waals surface area contributed by atoms with Gasteiger partial charge in [0.2, 0.25) is 0 Å². The Balaban J connectivity index is 1.71. The molecule has 0 radical (unpaired) electrons. The van der Waals surface area contributed by atoms with Crippen LogP contribution in [0, 0.1) is 6.92 Å². The molecule has 0 spiro atoms. The molecule has 24 heavy (non-hydrogen) atoms. The molecule has 4 rings (SSSR count). The molecule has 0 saturated carbocycles. The lowest BCUT2D eigenvalue weighted by Gasteiger charge is -2.20. The van der Waals surface area contributed by atoms with Gasteiger partial charge in [-0.3, -0.25) is 9.69 Å². The van der Waals surface area contributed by atoms with E-state index in [0.717, 1.165) is 21.9 Å². The fraction of sp³-hybridized carbons (Fsp3) is 0.235. The number of hydrogen-bond donors (Lipinski definition) is 1. The maximum absolute atomic E-state index is 12.9. The van der Waals surface area contributed by atoms with Gasteiger partial charge < -0.3 is 9.72 Å². The van der Waals surface area contributed by atoms with Gasteiger partial charge in [-0.25, -0.2) is 9.78 Å². The number of aromatic nitrogens is 2. The number of hydrogen-bond acceptors (Lipinski definition) is 4. The standard InChI is InChI=1S/C17H16N4O2S/c1-11-12(20-8-4-3-7-14(20)18-11)10-21-15(22)17(2,19-16(21)23)13-6-5-9-24-13/h3-9H,10H2,1-2H3,(H,19,23). The number of thiophene rings is 1. The van der Waals surface area contributed by atoms with Crippen LogP contribution in [0.15, 0.2) is 41.9 Å². The summed E-state index contributed by atoms with van der Waals surface area (Å²) in [6, 6.07) is 9.08. The van der Waals surface area contributed by atoms with Gasteiger partial charge in [-0.05, 0) is 37.4 Å². The lowest BCUT2D eigenvalue weighted by Crippen LogP contribution is -2.40. The van der Waals surface area contributed by atoms with Crippen LogP contribution < -0.4 is 5.32 Å². The molecule has 0 aliphatic carbocycles. The second-order valence-corrected chi connectivity index (χ2v) is 6.94. The minimum Gasteiger partial charge on any atom is -0.319 e. The molecule has 1 unspecified atom stereocenters. The minimum absolute atomic E-state index is 0.197. The predicted molar refractivity (Wildman–Crippen MR) is 90.7 cm³/mol. The third-order valence-electron chi connectivity index (χ3n) is 4.43. The van der Waals surface area contributed by atoms with Crippen LogP contribution in [0.3, 0.4) is 0 Å². The van der Waals surface area contributed by atoms with Gasteiger partial charge in [-0.1, -0.05) is 12.1 Å². The number of amides is 3. The molecule has 0 bridgehead atoms. The molecule has 1 saturated heterocycles. The lowest BCUT2D eigenvalue weighted by atomic mass is 10.0. The SMILES string of the molecule is Cc1nc2ccccn2c1CN1C(=O)NC(C)(c2cccs2)C1=O. The molecule has 1 atom stereocenters. The van der Waals surface area contributed by atoms with E-state index in [1.807, 2.05) is 53.2 Å². The first-order valence-electron chi connectivity index (χ1n) is 7.61. The summed E-state index contributed by atoms with van der Waals surface area (Å²) < 4.78 is 1.91. The monoisotopic (exact) mass is 340 g/mol. The fourth-order valence-corrected chi connectivity index (χ4v) is 3.91. The highest BCUT2D eigenvalue weighted by Crippen LogP contribution is 2.32. The third kappa shape index (κ3) is 2.05. The van der Waals surface area contributed by atoms with E-state index in [1.165, 1.54) is 16.2 Å². The first-order chi connectivity index (χ1) is 11.5. The third-order valence-corrected chi connectivity index (χ3v) is 5.52. The second-order valence-electron chi connectivity index (χ2n) is 6.00. The molecule has 3 amide bonds. The van der Waals surface area contributed by atoms with Crippen LogP contribution in [0.4, 0.5) is 4.79 Å². The number of rotatable bonds is 3. The van der Waals surface area contributed by atoms with Gasteiger partial charge in [0.15, 0.2) is 5.54 Å². The molecule has 4 heterocycles. The van der Waals surface area contributed by atoms with Gasteiger partial charge >= 0.3 is 6.03 Å². The summed E-state index contributed by atoms with van der Waals surface area (Å²) >= 11 is 1.46. The van der Waals surface area contributed by atoms with Gasteiger partial charge in [0.25, 0.3) is 5.91 Å². The van der Waals surface area contributed by atoms with Crippen molar-refractivity contribution in [1.82, 2.24) is 19.6 Å². The number of pyridine rings is 1. The Labute approximate surface area is 142 Å². The molecule has 3 aromatic heterocycles. The average Bonchev–Trinajstić information content (AvgIpc) is 3.24. The zero-order chi connectivity index (χ0) is 16.9. The van der Waals surface area contributed by atoms with Crippen LogP contribution in [0.25, 0.3) is 5.65 Å². The van der Waals surface area contributed by atoms with Gasteiger partial charge in [0.1, 0.15) is 5.65 Å². The highest BCUT2D eigenvalue weighted by atomic mass is 32.1. The van der Waals surface area contributed by atoms with Crippen LogP contribution in [0.2, 0.25) is 0 Å². The van der Waals surface area contributed by atoms with Crippen molar-refractivity contribution < 1.29 is 9.59 Å². The molecule has 6 nitrogen and oxygen atoms in total. The summed E-state index contributed by atoms with van der Waals surface area (Å²) in [5.74, 6) is -0.236. The van der Waals surface area contributed by atoms with E-state index in [-0.39, 0.29) is 18.5 Å². The summed E-state index contributed by atoms with van der Waals surface area (Å²) in [6.07, 6.45) is 1.89. The number of carbonyl (C=O) groups is 2. The van der Waals surface area contributed by atoms with Gasteiger partial charge in [0, 0.05) is 11.1 Å². The van der Waals surface area contributed by atoms with Gasteiger partial charge in [-0.15, -0.1) is 11.3 Å². The van der Waals surface area contributed by atoms with E-state index >= 15 is 0 Å². The quantitative estimate of drug-likeness (QED) is 0.746. The highest BCUT2D eigenvalue weighted by molar-refractivity contribution is 7.10. The molecule has 1 fully saturated rings. The Bertz CT molecular complexity index is 947. The summed E-state index contributed by atoms with van der Waals surface area (Å²) in [5.41, 5.74) is 1.45. The summed E-state index contributed by atoms with van der Waals surface area (Å²) in [7, 11) is 0. The zero-order valence-electron chi connectivity index (χ0n) is 13.3. The maximum Gasteiger partial charge on any atom is 0.325 e. The van der Waals surface area contributed by atoms with E-state index in [1.54, 1.807) is 6.92 Å². The van der Waals surface area contributed by atoms with Crippen molar-refractivity contribution >= 4 is 28.9 Å². The summed E-state index contributed by atoms with van der Waals surface area (Å²) in [6.45, 7) is 3.84. The molecule has 0 aromatic carbocycles. The van der Waals surface area contributed by atoms with Gasteiger partial charge in [0.05, 0.1) is 17.9 Å². The largest absolute Gasteiger partial charge is 0.325 e. The zero-order valence-corrected chi connectivity index (χ0v) is 14.1. The fourth-order valence-electron chi connectivity index (χ4n) is 3.08. The number of aryl methyl sites for hydroxylation is 1. The van der Waals surface area contributed by atoms with Crippen molar-refractivity contribution in [3.8, 4) is 0 Å². The Morgan fingerprint density at radius 3 is 2.83 bits per heavy atom. The highest BCUT2D eigenvalue weighted by Gasteiger charge is 2.49. The van der Waals surface area contributed by atoms with E-state index in [9.17, 15) is 9.59 Å². The number of fused-ring (bicyclic) bond motifs is 1. The number of imidazole rings is 1. The van der Waals surface area contributed by atoms with Crippen molar-refractivity contribution in [2.75, 3.05) is 0 Å². The maximum atomic E-state index is 12.9. The summed E-state index contributed by atoms with van der Waals surface area (Å²) in [5, 5.41) is 4.73. The average molecular weight is 340 g/mol. The molecule has 7 heteroatoms. The minimum atomic E-state index is -1.00.